The van der Waals surface area contributed by atoms with E-state index >= 15 is 0 Å². The van der Waals surface area contributed by atoms with E-state index in [1.165, 1.54) is 12.1 Å². The summed E-state index contributed by atoms with van der Waals surface area (Å²) in [6, 6.07) is 8.04. The molecule has 7 nitrogen and oxygen atoms in total. The highest BCUT2D eigenvalue weighted by Gasteiger charge is 2.35. The van der Waals surface area contributed by atoms with Crippen LogP contribution in [0.5, 0.6) is 5.75 Å². The van der Waals surface area contributed by atoms with Gasteiger partial charge in [0.15, 0.2) is 0 Å². The number of likely N-dealkylation sites (tertiary alicyclic amines) is 1. The number of urea groups is 1. The van der Waals surface area contributed by atoms with Crippen LogP contribution in [-0.2, 0) is 11.2 Å². The number of nitrogens with one attached hydrogen (secondary N) is 1. The van der Waals surface area contributed by atoms with Crippen molar-refractivity contribution in [3.63, 3.8) is 0 Å². The van der Waals surface area contributed by atoms with Gasteiger partial charge in [-0.1, -0.05) is 12.1 Å². The second-order valence-corrected chi connectivity index (χ2v) is 10.0. The molecule has 3 heterocycles. The summed E-state index contributed by atoms with van der Waals surface area (Å²) in [7, 11) is 0. The van der Waals surface area contributed by atoms with Crippen LogP contribution in [0.25, 0.3) is 0 Å². The maximum absolute atomic E-state index is 13.4. The molecule has 2 aromatic rings. The zero-order valence-electron chi connectivity index (χ0n) is 19.7. The Balaban J connectivity index is 1.52. The van der Waals surface area contributed by atoms with Gasteiger partial charge < -0.3 is 19.3 Å². The number of rotatable bonds is 7. The molecule has 0 aliphatic carbocycles. The Hall–Kier alpha value is -2.40. The highest BCUT2D eigenvalue weighted by Crippen LogP contribution is 2.37. The number of hydrogen-bond donors (Lipinski definition) is 1. The topological polar surface area (TPSA) is 70.7 Å². The number of carbonyl (C=O) groups is 1. The summed E-state index contributed by atoms with van der Waals surface area (Å²) in [5, 5.41) is 7.61. The third kappa shape index (κ3) is 7.07. The molecular formula is C24H31F3N4O3S. The molecule has 2 aliphatic heterocycles. The first-order valence-electron chi connectivity index (χ1n) is 11.9. The zero-order chi connectivity index (χ0) is 24.8. The fourth-order valence-electron chi connectivity index (χ4n) is 4.65. The summed E-state index contributed by atoms with van der Waals surface area (Å²) in [5.74, 6) is 1.59. The van der Waals surface area contributed by atoms with Gasteiger partial charge in [-0.25, -0.2) is 4.79 Å². The van der Waals surface area contributed by atoms with Gasteiger partial charge >= 0.3 is 12.4 Å². The third-order valence-electron chi connectivity index (χ3n) is 6.38. The molecule has 0 radical (unpaired) electrons. The number of hydrogen-bond acceptors (Lipinski definition) is 5. The van der Waals surface area contributed by atoms with Crippen molar-refractivity contribution in [3.8, 4) is 5.75 Å². The van der Waals surface area contributed by atoms with Crippen LogP contribution in [0.3, 0.4) is 0 Å². The predicted octanol–water partition coefficient (Wildman–Crippen LogP) is 4.63. The lowest BCUT2D eigenvalue weighted by molar-refractivity contribution is -0.274. The standard InChI is InChI=1S/C24H31F3N4O3S/c1-2-33-10-7-20-14-22(29-28-20)19-13-18(17-3-5-21(6-4-17)34-24(25,26)27)15-31(16-19)23(32)30-8-11-35-12-9-30/h3-6,14,18-19H,2,7-13,15-16H2,1H3,(H,28,29). The van der Waals surface area contributed by atoms with Crippen molar-refractivity contribution in [1.82, 2.24) is 20.0 Å². The number of piperidine rings is 1. The average Bonchev–Trinajstić information content (AvgIpc) is 3.32. The molecule has 0 bridgehead atoms. The van der Waals surface area contributed by atoms with E-state index in [-0.39, 0.29) is 23.6 Å². The van der Waals surface area contributed by atoms with Gasteiger partial charge in [-0.15, -0.1) is 13.2 Å². The Morgan fingerprint density at radius 1 is 1.14 bits per heavy atom. The van der Waals surface area contributed by atoms with E-state index in [0.717, 1.165) is 54.4 Å². The summed E-state index contributed by atoms with van der Waals surface area (Å²) >= 11 is 1.84. The van der Waals surface area contributed by atoms with E-state index in [9.17, 15) is 18.0 Å². The largest absolute Gasteiger partial charge is 0.573 e. The van der Waals surface area contributed by atoms with E-state index in [0.29, 0.717) is 26.3 Å². The molecule has 11 heteroatoms. The molecule has 35 heavy (non-hydrogen) atoms. The monoisotopic (exact) mass is 512 g/mol. The molecular weight excluding hydrogens is 481 g/mol. The van der Waals surface area contributed by atoms with Crippen LogP contribution in [0, 0.1) is 0 Å². The maximum Gasteiger partial charge on any atom is 0.573 e. The molecule has 2 atom stereocenters. The minimum atomic E-state index is -4.73. The fraction of sp³-hybridized carbons (Fsp3) is 0.583. The molecule has 2 amide bonds. The number of thioether (sulfide) groups is 1. The molecule has 192 valence electrons. The SMILES string of the molecule is CCOCCc1cc(C2CC(c3ccc(OC(F)(F)F)cc3)CN(C(=O)N3CCSCC3)C2)n[nH]1. The van der Waals surface area contributed by atoms with Crippen LogP contribution in [0.15, 0.2) is 30.3 Å². The predicted molar refractivity (Wildman–Crippen MR) is 128 cm³/mol. The quantitative estimate of drug-likeness (QED) is 0.548. The van der Waals surface area contributed by atoms with E-state index in [2.05, 4.69) is 14.9 Å². The van der Waals surface area contributed by atoms with Gasteiger partial charge in [0.05, 0.1) is 12.3 Å². The van der Waals surface area contributed by atoms with Gasteiger partial charge in [0, 0.05) is 68.2 Å². The van der Waals surface area contributed by atoms with Crippen molar-refractivity contribution in [2.24, 2.45) is 0 Å². The minimum absolute atomic E-state index is 0.0139. The van der Waals surface area contributed by atoms with E-state index < -0.39 is 6.36 Å². The Morgan fingerprint density at radius 3 is 2.54 bits per heavy atom. The lowest BCUT2D eigenvalue weighted by atomic mass is 9.83. The van der Waals surface area contributed by atoms with E-state index in [1.807, 2.05) is 34.6 Å². The molecule has 1 aromatic heterocycles. The first-order valence-corrected chi connectivity index (χ1v) is 13.1. The van der Waals surface area contributed by atoms with Gasteiger partial charge in [0.1, 0.15) is 5.75 Å². The van der Waals surface area contributed by atoms with Crippen LogP contribution < -0.4 is 4.74 Å². The highest BCUT2D eigenvalue weighted by atomic mass is 32.2. The first-order chi connectivity index (χ1) is 16.8. The van der Waals surface area contributed by atoms with Crippen molar-refractivity contribution in [2.75, 3.05) is 50.9 Å². The Bertz CT molecular complexity index is 964. The van der Waals surface area contributed by atoms with Gasteiger partial charge in [-0.3, -0.25) is 5.10 Å². The van der Waals surface area contributed by atoms with Crippen molar-refractivity contribution < 1.29 is 27.4 Å². The number of alkyl halides is 3. The number of H-pyrrole nitrogens is 1. The van der Waals surface area contributed by atoms with Crippen LogP contribution in [-0.4, -0.2) is 83.3 Å². The molecule has 2 fully saturated rings. The average molecular weight is 513 g/mol. The third-order valence-corrected chi connectivity index (χ3v) is 7.32. The number of halogens is 3. The smallest absolute Gasteiger partial charge is 0.406 e. The van der Waals surface area contributed by atoms with E-state index in [4.69, 9.17) is 4.74 Å². The van der Waals surface area contributed by atoms with Crippen LogP contribution in [0.2, 0.25) is 0 Å². The number of amides is 2. The number of aromatic nitrogens is 2. The second kappa shape index (κ2) is 11.6. The molecule has 1 aromatic carbocycles. The number of carbonyl (C=O) groups excluding carboxylic acids is 1. The van der Waals surface area contributed by atoms with Crippen LogP contribution >= 0.6 is 11.8 Å². The van der Waals surface area contributed by atoms with Crippen molar-refractivity contribution in [1.29, 1.82) is 0 Å². The van der Waals surface area contributed by atoms with Crippen LogP contribution in [0.1, 0.15) is 42.1 Å². The number of ether oxygens (including phenoxy) is 2. The summed E-state index contributed by atoms with van der Waals surface area (Å²) in [4.78, 5) is 17.1. The molecule has 0 spiro atoms. The molecule has 0 saturated carbocycles. The van der Waals surface area contributed by atoms with Crippen molar-refractivity contribution >= 4 is 17.8 Å². The number of aromatic amines is 1. The zero-order valence-corrected chi connectivity index (χ0v) is 20.5. The van der Waals surface area contributed by atoms with Crippen molar-refractivity contribution in [2.45, 2.75) is 38.0 Å². The van der Waals surface area contributed by atoms with Gasteiger partial charge in [-0.05, 0) is 37.1 Å². The summed E-state index contributed by atoms with van der Waals surface area (Å²) in [6.07, 6.45) is -3.26. The molecule has 4 rings (SSSR count). The van der Waals surface area contributed by atoms with Crippen molar-refractivity contribution in [3.05, 3.63) is 47.3 Å². The van der Waals surface area contributed by atoms with E-state index in [1.54, 1.807) is 12.1 Å². The Labute approximate surface area is 207 Å². The molecule has 1 N–H and O–H groups in total. The lowest BCUT2D eigenvalue weighted by Crippen LogP contribution is -2.51. The van der Waals surface area contributed by atoms with Gasteiger partial charge in [0.25, 0.3) is 0 Å². The minimum Gasteiger partial charge on any atom is -0.406 e. The highest BCUT2D eigenvalue weighted by molar-refractivity contribution is 7.99. The summed E-state index contributed by atoms with van der Waals surface area (Å²) < 4.78 is 47.1. The normalized spacial score (nSPS) is 21.3. The maximum atomic E-state index is 13.4. The first kappa shape index (κ1) is 25.7. The summed E-state index contributed by atoms with van der Waals surface area (Å²) in [5.41, 5.74) is 2.75. The molecule has 2 saturated heterocycles. The Kier molecular flexibility index (Phi) is 8.48. The van der Waals surface area contributed by atoms with Gasteiger partial charge in [-0.2, -0.15) is 16.9 Å². The van der Waals surface area contributed by atoms with Gasteiger partial charge in [0.2, 0.25) is 0 Å². The molecule has 2 aliphatic rings. The second-order valence-electron chi connectivity index (χ2n) is 8.80. The summed E-state index contributed by atoms with van der Waals surface area (Å²) in [6.45, 7) is 5.74. The number of benzene rings is 1. The molecule has 2 unspecified atom stereocenters. The lowest BCUT2D eigenvalue weighted by Gasteiger charge is -2.40. The Morgan fingerprint density at radius 2 is 1.86 bits per heavy atom. The number of nitrogens with zero attached hydrogens (tertiary/aromatic N) is 3. The fourth-order valence-corrected chi connectivity index (χ4v) is 5.55. The van der Waals surface area contributed by atoms with Crippen LogP contribution in [0.4, 0.5) is 18.0 Å².